The Kier molecular flexibility index (Phi) is 7.85. The molecule has 2 amide bonds. The van der Waals surface area contributed by atoms with Crippen molar-refractivity contribution in [3.05, 3.63) is 22.4 Å². The summed E-state index contributed by atoms with van der Waals surface area (Å²) in [5, 5.41) is 4.80. The van der Waals surface area contributed by atoms with Gasteiger partial charge in [-0.15, -0.1) is 23.7 Å². The van der Waals surface area contributed by atoms with Crippen LogP contribution < -0.4 is 11.1 Å². The summed E-state index contributed by atoms with van der Waals surface area (Å²) in [5.74, 6) is 0.146. The van der Waals surface area contributed by atoms with Crippen LogP contribution in [0.4, 0.5) is 0 Å². The Morgan fingerprint density at radius 1 is 1.45 bits per heavy atom. The zero-order valence-corrected chi connectivity index (χ0v) is 14.4. The third-order valence-electron chi connectivity index (χ3n) is 4.00. The molecule has 0 radical (unpaired) electrons. The maximum atomic E-state index is 12.1. The van der Waals surface area contributed by atoms with Gasteiger partial charge in [-0.2, -0.15) is 0 Å². The van der Waals surface area contributed by atoms with Gasteiger partial charge in [-0.1, -0.05) is 12.5 Å². The van der Waals surface area contributed by atoms with Crippen molar-refractivity contribution in [1.82, 2.24) is 10.2 Å². The van der Waals surface area contributed by atoms with Crippen LogP contribution in [-0.2, 0) is 16.1 Å². The fraction of sp³-hybridized carbons (Fsp3) is 0.600. The zero-order valence-electron chi connectivity index (χ0n) is 12.8. The fourth-order valence-corrected chi connectivity index (χ4v) is 3.30. The molecular weight excluding hydrogens is 322 g/mol. The number of likely N-dealkylation sites (N-methyl/N-ethyl adjacent to an activating group) is 1. The van der Waals surface area contributed by atoms with Crippen LogP contribution in [0.5, 0.6) is 0 Å². The van der Waals surface area contributed by atoms with E-state index in [1.165, 1.54) is 4.90 Å². The van der Waals surface area contributed by atoms with Crippen molar-refractivity contribution in [2.24, 2.45) is 11.7 Å². The molecule has 1 saturated carbocycles. The van der Waals surface area contributed by atoms with E-state index in [0.717, 1.165) is 24.1 Å². The predicted molar refractivity (Wildman–Crippen MR) is 91.0 cm³/mol. The molecule has 1 aliphatic rings. The highest BCUT2D eigenvalue weighted by molar-refractivity contribution is 7.09. The Bertz CT molecular complexity index is 481. The summed E-state index contributed by atoms with van der Waals surface area (Å²) in [6.07, 6.45) is 3.58. The van der Waals surface area contributed by atoms with Gasteiger partial charge in [-0.05, 0) is 30.2 Å². The van der Waals surface area contributed by atoms with Crippen LogP contribution in [0.25, 0.3) is 0 Å². The molecule has 1 aliphatic carbocycles. The Labute approximate surface area is 141 Å². The largest absolute Gasteiger partial charge is 0.350 e. The van der Waals surface area contributed by atoms with E-state index in [2.05, 4.69) is 5.32 Å². The van der Waals surface area contributed by atoms with Gasteiger partial charge in [0.1, 0.15) is 0 Å². The lowest BCUT2D eigenvalue weighted by Crippen LogP contribution is -2.39. The van der Waals surface area contributed by atoms with Crippen molar-refractivity contribution >= 4 is 35.6 Å². The molecule has 1 aromatic rings. The number of rotatable bonds is 6. The molecule has 3 N–H and O–H groups in total. The molecule has 22 heavy (non-hydrogen) atoms. The second-order valence-corrected chi connectivity index (χ2v) is 6.70. The second kappa shape index (κ2) is 9.12. The average Bonchev–Trinajstić information content (AvgIpc) is 3.09. The maximum Gasteiger partial charge on any atom is 0.239 e. The van der Waals surface area contributed by atoms with E-state index in [-0.39, 0.29) is 42.7 Å². The quantitative estimate of drug-likeness (QED) is 0.825. The summed E-state index contributed by atoms with van der Waals surface area (Å²) in [6.45, 7) is 0.623. The normalized spacial score (nSPS) is 20.3. The minimum absolute atomic E-state index is 0. The van der Waals surface area contributed by atoms with Gasteiger partial charge in [-0.25, -0.2) is 0 Å². The Morgan fingerprint density at radius 2 is 2.23 bits per heavy atom. The summed E-state index contributed by atoms with van der Waals surface area (Å²) in [5.41, 5.74) is 5.98. The first kappa shape index (κ1) is 18.9. The fourth-order valence-electron chi connectivity index (χ4n) is 2.66. The Balaban J connectivity index is 0.00000242. The van der Waals surface area contributed by atoms with Crippen LogP contribution in [0.15, 0.2) is 17.5 Å². The molecule has 2 atom stereocenters. The average molecular weight is 346 g/mol. The van der Waals surface area contributed by atoms with E-state index < -0.39 is 0 Å². The molecule has 1 heterocycles. The molecular formula is C15H24ClN3O2S. The molecule has 5 nitrogen and oxygen atoms in total. The van der Waals surface area contributed by atoms with E-state index >= 15 is 0 Å². The SMILES string of the molecule is CN(CC(=O)NCc1cccs1)C(=O)C[C@@H]1CCC[C@H]1N.Cl. The summed E-state index contributed by atoms with van der Waals surface area (Å²) < 4.78 is 0. The zero-order chi connectivity index (χ0) is 15.2. The Morgan fingerprint density at radius 3 is 2.82 bits per heavy atom. The van der Waals surface area contributed by atoms with Crippen molar-refractivity contribution in [1.29, 1.82) is 0 Å². The van der Waals surface area contributed by atoms with Gasteiger partial charge in [0.25, 0.3) is 0 Å². The second-order valence-electron chi connectivity index (χ2n) is 5.66. The van der Waals surface area contributed by atoms with Crippen molar-refractivity contribution in [2.75, 3.05) is 13.6 Å². The topological polar surface area (TPSA) is 75.4 Å². The van der Waals surface area contributed by atoms with Gasteiger partial charge in [0.05, 0.1) is 13.1 Å². The molecule has 0 spiro atoms. The first-order valence-electron chi connectivity index (χ1n) is 7.35. The maximum absolute atomic E-state index is 12.1. The summed E-state index contributed by atoms with van der Waals surface area (Å²) >= 11 is 1.60. The third-order valence-corrected chi connectivity index (χ3v) is 4.88. The molecule has 0 saturated heterocycles. The van der Waals surface area contributed by atoms with E-state index in [1.54, 1.807) is 18.4 Å². The standard InChI is InChI=1S/C15H23N3O2S.ClH/c1-18(15(20)8-11-4-2-6-13(11)16)10-14(19)17-9-12-5-3-7-21-12;/h3,5,7,11,13H,2,4,6,8-10,16H2,1H3,(H,17,19);1H/t11-,13+;/m0./s1. The van der Waals surface area contributed by atoms with E-state index in [9.17, 15) is 9.59 Å². The van der Waals surface area contributed by atoms with E-state index in [1.807, 2.05) is 17.5 Å². The van der Waals surface area contributed by atoms with Gasteiger partial charge >= 0.3 is 0 Å². The lowest BCUT2D eigenvalue weighted by Gasteiger charge is -2.20. The van der Waals surface area contributed by atoms with Crippen LogP contribution in [0.3, 0.4) is 0 Å². The number of nitrogens with two attached hydrogens (primary N) is 1. The number of thiophene rings is 1. The van der Waals surface area contributed by atoms with Crippen molar-refractivity contribution < 1.29 is 9.59 Å². The number of nitrogens with one attached hydrogen (secondary N) is 1. The number of amides is 2. The Hall–Kier alpha value is -1.11. The highest BCUT2D eigenvalue weighted by Gasteiger charge is 2.27. The molecule has 0 aromatic carbocycles. The molecule has 0 aliphatic heterocycles. The molecule has 2 rings (SSSR count). The van der Waals surface area contributed by atoms with E-state index in [4.69, 9.17) is 5.73 Å². The number of hydrogen-bond donors (Lipinski definition) is 2. The molecule has 7 heteroatoms. The number of hydrogen-bond acceptors (Lipinski definition) is 4. The number of carbonyl (C=O) groups is 2. The number of nitrogens with zero attached hydrogens (tertiary/aromatic N) is 1. The highest BCUT2D eigenvalue weighted by atomic mass is 35.5. The molecule has 1 aromatic heterocycles. The number of halogens is 1. The van der Waals surface area contributed by atoms with E-state index in [0.29, 0.717) is 13.0 Å². The summed E-state index contributed by atoms with van der Waals surface area (Å²) in [4.78, 5) is 26.5. The first-order chi connectivity index (χ1) is 10.1. The molecule has 124 valence electrons. The van der Waals surface area contributed by atoms with Crippen LogP contribution in [0, 0.1) is 5.92 Å². The first-order valence-corrected chi connectivity index (χ1v) is 8.23. The number of carbonyl (C=O) groups excluding carboxylic acids is 2. The third kappa shape index (κ3) is 5.59. The van der Waals surface area contributed by atoms with Crippen LogP contribution >= 0.6 is 23.7 Å². The van der Waals surface area contributed by atoms with Gasteiger partial charge < -0.3 is 16.0 Å². The van der Waals surface area contributed by atoms with Gasteiger partial charge in [0.2, 0.25) is 11.8 Å². The minimum Gasteiger partial charge on any atom is -0.350 e. The summed E-state index contributed by atoms with van der Waals surface area (Å²) in [6, 6.07) is 4.06. The predicted octanol–water partition coefficient (Wildman–Crippen LogP) is 1.76. The van der Waals surface area contributed by atoms with Gasteiger partial charge in [-0.3, -0.25) is 9.59 Å². The lowest BCUT2D eigenvalue weighted by molar-refractivity contribution is -0.135. The van der Waals surface area contributed by atoms with Crippen molar-refractivity contribution in [3.8, 4) is 0 Å². The minimum atomic E-state index is -0.130. The van der Waals surface area contributed by atoms with Crippen LogP contribution in [0.1, 0.15) is 30.6 Å². The smallest absolute Gasteiger partial charge is 0.239 e. The van der Waals surface area contributed by atoms with Crippen molar-refractivity contribution in [3.63, 3.8) is 0 Å². The lowest BCUT2D eigenvalue weighted by atomic mass is 9.99. The van der Waals surface area contributed by atoms with Gasteiger partial charge in [0.15, 0.2) is 0 Å². The summed E-state index contributed by atoms with van der Waals surface area (Å²) in [7, 11) is 1.67. The van der Waals surface area contributed by atoms with Gasteiger partial charge in [0, 0.05) is 24.4 Å². The van der Waals surface area contributed by atoms with Crippen LogP contribution in [-0.4, -0.2) is 36.3 Å². The molecule has 0 unspecified atom stereocenters. The van der Waals surface area contributed by atoms with Crippen molar-refractivity contribution in [2.45, 2.75) is 38.3 Å². The van der Waals surface area contributed by atoms with Crippen LogP contribution in [0.2, 0.25) is 0 Å². The molecule has 1 fully saturated rings. The molecule has 0 bridgehead atoms. The highest BCUT2D eigenvalue weighted by Crippen LogP contribution is 2.27. The monoisotopic (exact) mass is 345 g/mol.